The summed E-state index contributed by atoms with van der Waals surface area (Å²) in [6, 6.07) is 9.95. The van der Waals surface area contributed by atoms with Crippen molar-refractivity contribution in [2.24, 2.45) is 4.99 Å². The lowest BCUT2D eigenvalue weighted by Crippen LogP contribution is -2.44. The molecule has 1 aromatic carbocycles. The molecule has 2 aliphatic rings. The highest BCUT2D eigenvalue weighted by molar-refractivity contribution is 6.05. The van der Waals surface area contributed by atoms with E-state index in [-0.39, 0.29) is 28.4 Å². The lowest BCUT2D eigenvalue weighted by atomic mass is 9.96. The van der Waals surface area contributed by atoms with Crippen LogP contribution in [0.1, 0.15) is 25.8 Å². The molecule has 3 N–H and O–H groups in total. The van der Waals surface area contributed by atoms with Crippen molar-refractivity contribution in [2.45, 2.75) is 26.2 Å². The van der Waals surface area contributed by atoms with Crippen LogP contribution in [-0.4, -0.2) is 65.7 Å². The minimum absolute atomic E-state index is 0.170. The molecule has 42 heavy (non-hydrogen) atoms. The summed E-state index contributed by atoms with van der Waals surface area (Å²) in [5, 5.41) is 16.1. The van der Waals surface area contributed by atoms with Crippen molar-refractivity contribution in [3.8, 4) is 0 Å². The third kappa shape index (κ3) is 7.13. The van der Waals surface area contributed by atoms with Crippen molar-refractivity contribution in [1.82, 2.24) is 14.8 Å². The number of aliphatic imine (C=N–C) groups is 1. The van der Waals surface area contributed by atoms with E-state index in [1.54, 1.807) is 24.4 Å². The van der Waals surface area contributed by atoms with Crippen molar-refractivity contribution in [3.05, 3.63) is 108 Å². The maximum Gasteiger partial charge on any atom is 0.295 e. The number of allylic oxidation sites excluding steroid dienone is 3. The van der Waals surface area contributed by atoms with Gasteiger partial charge in [-0.1, -0.05) is 38.3 Å². The second-order valence-corrected chi connectivity index (χ2v) is 10.2. The zero-order valence-corrected chi connectivity index (χ0v) is 24.4. The first-order valence-corrected chi connectivity index (χ1v) is 14.0. The molecule has 0 spiro atoms. The van der Waals surface area contributed by atoms with Crippen LogP contribution in [0.5, 0.6) is 0 Å². The second-order valence-electron chi connectivity index (χ2n) is 10.2. The fraction of sp³-hybridized carbons (Fsp3) is 0.312. The van der Waals surface area contributed by atoms with Crippen LogP contribution in [0.2, 0.25) is 0 Å². The van der Waals surface area contributed by atoms with Gasteiger partial charge in [0.05, 0.1) is 11.9 Å². The van der Waals surface area contributed by atoms with Gasteiger partial charge in [0.1, 0.15) is 24.2 Å². The predicted molar refractivity (Wildman–Crippen MR) is 167 cm³/mol. The number of piperazine rings is 1. The van der Waals surface area contributed by atoms with Crippen LogP contribution in [0.25, 0.3) is 0 Å². The van der Waals surface area contributed by atoms with Crippen LogP contribution in [-0.2, 0) is 5.92 Å². The number of aromatic nitrogens is 1. The van der Waals surface area contributed by atoms with Gasteiger partial charge in [0, 0.05) is 60.5 Å². The molecule has 0 aliphatic carbocycles. The van der Waals surface area contributed by atoms with Crippen LogP contribution < -0.4 is 15.5 Å². The Morgan fingerprint density at radius 3 is 2.55 bits per heavy atom. The first-order valence-electron chi connectivity index (χ1n) is 14.0. The summed E-state index contributed by atoms with van der Waals surface area (Å²) in [5.41, 5.74) is 1.77. The van der Waals surface area contributed by atoms with E-state index in [0.29, 0.717) is 11.4 Å². The van der Waals surface area contributed by atoms with Gasteiger partial charge in [0.25, 0.3) is 5.92 Å². The zero-order valence-electron chi connectivity index (χ0n) is 24.4. The van der Waals surface area contributed by atoms with E-state index in [0.717, 1.165) is 44.1 Å². The minimum atomic E-state index is -3.32. The summed E-state index contributed by atoms with van der Waals surface area (Å²) in [6.45, 7) is 14.5. The van der Waals surface area contributed by atoms with Gasteiger partial charge in [-0.2, -0.15) is 8.78 Å². The van der Waals surface area contributed by atoms with Gasteiger partial charge in [-0.3, -0.25) is 0 Å². The Labute approximate surface area is 246 Å². The van der Waals surface area contributed by atoms with E-state index in [1.807, 2.05) is 25.1 Å². The van der Waals surface area contributed by atoms with E-state index in [4.69, 9.17) is 0 Å². The summed E-state index contributed by atoms with van der Waals surface area (Å²) in [6.07, 6.45) is 9.11. The van der Waals surface area contributed by atoms with Gasteiger partial charge in [0.2, 0.25) is 0 Å². The van der Waals surface area contributed by atoms with Crippen LogP contribution in [0.3, 0.4) is 0 Å². The van der Waals surface area contributed by atoms with E-state index < -0.39 is 12.7 Å². The number of nitrogens with zero attached hydrogens (tertiary/aromatic N) is 5. The number of pyridine rings is 1. The smallest absolute Gasteiger partial charge is 0.295 e. The summed E-state index contributed by atoms with van der Waals surface area (Å²) in [7, 11) is 2.10. The Bertz CT molecular complexity index is 1400. The quantitative estimate of drug-likeness (QED) is 0.288. The largest absolute Gasteiger partial charge is 0.376 e. The van der Waals surface area contributed by atoms with Crippen molar-refractivity contribution in [2.75, 3.05) is 55.5 Å². The number of benzene rings is 1. The molecule has 0 bridgehead atoms. The molecule has 0 saturated carbocycles. The predicted octanol–water partition coefficient (Wildman–Crippen LogP) is 5.89. The van der Waals surface area contributed by atoms with Crippen LogP contribution >= 0.6 is 0 Å². The molecule has 1 fully saturated rings. The van der Waals surface area contributed by atoms with Crippen molar-refractivity contribution >= 4 is 23.0 Å². The monoisotopic (exact) mass is 575 g/mol. The summed E-state index contributed by atoms with van der Waals surface area (Å²) >= 11 is 0. The summed E-state index contributed by atoms with van der Waals surface area (Å²) < 4.78 is 31.8. The SMILES string of the molecule is C=C/C(=C/CC)Nc1cccc(C(F)(F)/C(C)=C2\C=CN(CO)\C2=N\C(=C)Nc2ccc(N3CCN(C)CC3)nc2)c1. The molecular formula is C32H39F2N7O. The van der Waals surface area contributed by atoms with E-state index in [1.165, 1.54) is 36.2 Å². The first kappa shape index (κ1) is 30.7. The Hall–Kier alpha value is -4.28. The summed E-state index contributed by atoms with van der Waals surface area (Å²) in [5.74, 6) is -2.03. The Balaban J connectivity index is 1.54. The summed E-state index contributed by atoms with van der Waals surface area (Å²) in [4.78, 5) is 15.0. The topological polar surface area (TPSA) is 79.3 Å². The number of nitrogens with one attached hydrogen (secondary N) is 2. The van der Waals surface area contributed by atoms with Gasteiger partial charge in [-0.05, 0) is 56.8 Å². The molecule has 0 amide bonds. The first-order chi connectivity index (χ1) is 20.2. The van der Waals surface area contributed by atoms with Crippen molar-refractivity contribution in [3.63, 3.8) is 0 Å². The number of halogens is 2. The molecule has 8 nitrogen and oxygen atoms in total. The third-order valence-corrected chi connectivity index (χ3v) is 7.22. The number of hydrogen-bond donors (Lipinski definition) is 3. The Morgan fingerprint density at radius 2 is 1.90 bits per heavy atom. The highest BCUT2D eigenvalue weighted by atomic mass is 19.3. The number of aliphatic hydroxyl groups excluding tert-OH is 1. The fourth-order valence-electron chi connectivity index (χ4n) is 4.75. The number of likely N-dealkylation sites (N-methyl/N-ethyl adjacent to an activating group) is 1. The lowest BCUT2D eigenvalue weighted by molar-refractivity contribution is 0.0376. The molecule has 0 unspecified atom stereocenters. The Kier molecular flexibility index (Phi) is 9.92. The van der Waals surface area contributed by atoms with E-state index >= 15 is 8.78 Å². The molecule has 3 heterocycles. The molecule has 2 aromatic rings. The van der Waals surface area contributed by atoms with Gasteiger partial charge in [-0.25, -0.2) is 9.98 Å². The van der Waals surface area contributed by atoms with E-state index in [9.17, 15) is 5.11 Å². The fourth-order valence-corrected chi connectivity index (χ4v) is 4.75. The van der Waals surface area contributed by atoms with E-state index in [2.05, 4.69) is 50.6 Å². The average Bonchev–Trinajstić information content (AvgIpc) is 3.39. The highest BCUT2D eigenvalue weighted by Crippen LogP contribution is 2.40. The molecule has 222 valence electrons. The van der Waals surface area contributed by atoms with Crippen molar-refractivity contribution in [1.29, 1.82) is 0 Å². The average molecular weight is 576 g/mol. The van der Waals surface area contributed by atoms with Crippen LogP contribution in [0.4, 0.5) is 26.0 Å². The second kappa shape index (κ2) is 13.6. The number of alkyl halides is 2. The van der Waals surface area contributed by atoms with Crippen LogP contribution in [0, 0.1) is 0 Å². The third-order valence-electron chi connectivity index (χ3n) is 7.22. The van der Waals surface area contributed by atoms with Gasteiger partial charge >= 0.3 is 0 Å². The molecule has 0 radical (unpaired) electrons. The number of aliphatic hydroxyl groups is 1. The maximum absolute atomic E-state index is 15.9. The molecule has 10 heteroatoms. The number of anilines is 3. The van der Waals surface area contributed by atoms with Gasteiger partial charge < -0.3 is 30.4 Å². The number of rotatable bonds is 11. The molecule has 0 atom stereocenters. The minimum Gasteiger partial charge on any atom is -0.376 e. The number of hydrogen-bond acceptors (Lipinski definition) is 7. The molecule has 4 rings (SSSR count). The van der Waals surface area contributed by atoms with Crippen LogP contribution in [0.15, 0.2) is 108 Å². The molecule has 2 aliphatic heterocycles. The number of amidine groups is 1. The molecule has 1 aromatic heterocycles. The Morgan fingerprint density at radius 1 is 1.14 bits per heavy atom. The van der Waals surface area contributed by atoms with Gasteiger partial charge in [0.15, 0.2) is 0 Å². The van der Waals surface area contributed by atoms with Crippen molar-refractivity contribution < 1.29 is 13.9 Å². The standard InChI is InChI=1S/C32H39F2N7O/c1-6-9-26(7-2)38-27-11-8-10-25(20-27)32(33,34)23(3)29-14-15-41(22-42)31(29)37-24(4)36-28-12-13-30(35-21-28)40-18-16-39(5)17-19-40/h7-15,20-21,36,38,42H,2,4,6,16-19,22H2,1,3,5H3/b26-9-,29-23+,37-31+. The molecule has 1 saturated heterocycles. The highest BCUT2D eigenvalue weighted by Gasteiger charge is 2.38. The maximum atomic E-state index is 15.9. The lowest BCUT2D eigenvalue weighted by Gasteiger charge is -2.33. The zero-order chi connectivity index (χ0) is 30.3. The molecular weight excluding hydrogens is 536 g/mol. The normalized spacial score (nSPS) is 18.4. The van der Waals surface area contributed by atoms with Gasteiger partial charge in [-0.15, -0.1) is 0 Å².